The van der Waals surface area contributed by atoms with Crippen LogP contribution >= 0.6 is 11.5 Å². The summed E-state index contributed by atoms with van der Waals surface area (Å²) in [5.74, 6) is 0.991. The molecule has 0 saturated heterocycles. The highest BCUT2D eigenvalue weighted by atomic mass is 32.1. The Hall–Kier alpha value is -0.480. The molecule has 1 rings (SSSR count). The second-order valence-electron chi connectivity index (χ2n) is 4.10. The first-order valence-electron chi connectivity index (χ1n) is 6.34. The number of hydrogen-bond donors (Lipinski definition) is 1. The molecule has 4 heteroatoms. The minimum atomic E-state index is 0.572. The molecule has 1 heterocycles. The molecule has 0 aliphatic heterocycles. The van der Waals surface area contributed by atoms with Crippen LogP contribution in [0.15, 0.2) is 0 Å². The van der Waals surface area contributed by atoms with Crippen molar-refractivity contribution in [1.29, 1.82) is 0 Å². The molecule has 1 unspecified atom stereocenters. The standard InChI is InChI=1S/C12H23N3S/c1-4-7-10(13-8-5-2)9-12-14-11(6-3)15-16-12/h10,13H,4-9H2,1-3H3. The van der Waals surface area contributed by atoms with Crippen molar-refractivity contribution in [2.45, 2.75) is 58.9 Å². The van der Waals surface area contributed by atoms with Crippen molar-refractivity contribution in [3.63, 3.8) is 0 Å². The lowest BCUT2D eigenvalue weighted by atomic mass is 10.1. The molecule has 1 aromatic rings. The van der Waals surface area contributed by atoms with E-state index < -0.39 is 0 Å². The normalized spacial score (nSPS) is 12.9. The first-order chi connectivity index (χ1) is 7.80. The van der Waals surface area contributed by atoms with Crippen molar-refractivity contribution in [2.24, 2.45) is 0 Å². The predicted molar refractivity (Wildman–Crippen MR) is 70.0 cm³/mol. The van der Waals surface area contributed by atoms with Gasteiger partial charge in [0, 0.05) is 18.9 Å². The summed E-state index contributed by atoms with van der Waals surface area (Å²) < 4.78 is 4.33. The van der Waals surface area contributed by atoms with Gasteiger partial charge in [-0.05, 0) is 30.9 Å². The van der Waals surface area contributed by atoms with Crippen LogP contribution in [0.5, 0.6) is 0 Å². The quantitative estimate of drug-likeness (QED) is 0.760. The Balaban J connectivity index is 2.46. The van der Waals surface area contributed by atoms with Crippen LogP contribution in [-0.2, 0) is 12.8 Å². The third kappa shape index (κ3) is 4.58. The van der Waals surface area contributed by atoms with Crippen molar-refractivity contribution in [3.05, 3.63) is 10.8 Å². The molecule has 1 atom stereocenters. The summed E-state index contributed by atoms with van der Waals surface area (Å²) in [6, 6.07) is 0.572. The Kier molecular flexibility index (Phi) is 6.57. The highest BCUT2D eigenvalue weighted by Crippen LogP contribution is 2.11. The van der Waals surface area contributed by atoms with Crippen molar-refractivity contribution in [2.75, 3.05) is 6.54 Å². The largest absolute Gasteiger partial charge is 0.314 e. The fraction of sp³-hybridized carbons (Fsp3) is 0.833. The van der Waals surface area contributed by atoms with Gasteiger partial charge in [0.25, 0.3) is 0 Å². The molecule has 0 amide bonds. The molecule has 92 valence electrons. The SMILES string of the molecule is CCCNC(CCC)Cc1nc(CC)ns1. The second-order valence-corrected chi connectivity index (χ2v) is 4.94. The van der Waals surface area contributed by atoms with E-state index in [4.69, 9.17) is 0 Å². The average molecular weight is 241 g/mol. The Labute approximate surface area is 103 Å². The monoisotopic (exact) mass is 241 g/mol. The van der Waals surface area contributed by atoms with Crippen LogP contribution in [0.2, 0.25) is 0 Å². The van der Waals surface area contributed by atoms with E-state index in [1.54, 1.807) is 11.5 Å². The van der Waals surface area contributed by atoms with Gasteiger partial charge < -0.3 is 5.32 Å². The molecule has 0 aromatic carbocycles. The molecule has 0 fully saturated rings. The minimum absolute atomic E-state index is 0.572. The van der Waals surface area contributed by atoms with E-state index >= 15 is 0 Å². The van der Waals surface area contributed by atoms with Crippen molar-refractivity contribution < 1.29 is 0 Å². The maximum Gasteiger partial charge on any atom is 0.142 e. The van der Waals surface area contributed by atoms with Gasteiger partial charge in [-0.1, -0.05) is 27.2 Å². The first kappa shape index (κ1) is 13.6. The maximum atomic E-state index is 4.53. The fourth-order valence-corrected chi connectivity index (χ4v) is 2.50. The average Bonchev–Trinajstić information content (AvgIpc) is 2.74. The van der Waals surface area contributed by atoms with Crippen LogP contribution in [-0.4, -0.2) is 21.9 Å². The number of aryl methyl sites for hydroxylation is 1. The van der Waals surface area contributed by atoms with Crippen LogP contribution in [0, 0.1) is 0 Å². The number of nitrogens with zero attached hydrogens (tertiary/aromatic N) is 2. The Bertz CT molecular complexity index is 286. The van der Waals surface area contributed by atoms with E-state index in [0.717, 1.165) is 25.2 Å². The number of rotatable bonds is 8. The predicted octanol–water partition coefficient (Wildman–Crippen LogP) is 2.81. The van der Waals surface area contributed by atoms with Crippen LogP contribution in [0.3, 0.4) is 0 Å². The van der Waals surface area contributed by atoms with E-state index in [0.29, 0.717) is 6.04 Å². The molecule has 3 nitrogen and oxygen atoms in total. The fourth-order valence-electron chi connectivity index (χ4n) is 1.70. The van der Waals surface area contributed by atoms with Crippen LogP contribution in [0.25, 0.3) is 0 Å². The summed E-state index contributed by atoms with van der Waals surface area (Å²) in [5.41, 5.74) is 0. The van der Waals surface area contributed by atoms with E-state index in [-0.39, 0.29) is 0 Å². The van der Waals surface area contributed by atoms with Gasteiger partial charge in [-0.15, -0.1) is 0 Å². The molecule has 16 heavy (non-hydrogen) atoms. The Morgan fingerprint density at radius 1 is 1.25 bits per heavy atom. The molecule has 0 aliphatic rings. The summed E-state index contributed by atoms with van der Waals surface area (Å²) >= 11 is 1.56. The van der Waals surface area contributed by atoms with Gasteiger partial charge in [-0.3, -0.25) is 0 Å². The molecule has 0 spiro atoms. The topological polar surface area (TPSA) is 37.8 Å². The van der Waals surface area contributed by atoms with Crippen molar-refractivity contribution in [1.82, 2.24) is 14.7 Å². The van der Waals surface area contributed by atoms with Crippen LogP contribution in [0.4, 0.5) is 0 Å². The van der Waals surface area contributed by atoms with E-state index in [1.165, 1.54) is 24.3 Å². The van der Waals surface area contributed by atoms with Crippen LogP contribution < -0.4 is 5.32 Å². The maximum absolute atomic E-state index is 4.53. The second kappa shape index (κ2) is 7.74. The number of nitrogens with one attached hydrogen (secondary N) is 1. The van der Waals surface area contributed by atoms with Gasteiger partial charge in [-0.2, -0.15) is 4.37 Å². The van der Waals surface area contributed by atoms with Gasteiger partial charge in [0.2, 0.25) is 0 Å². The molecule has 0 radical (unpaired) electrons. The molecule has 1 N–H and O–H groups in total. The van der Waals surface area contributed by atoms with Crippen molar-refractivity contribution in [3.8, 4) is 0 Å². The minimum Gasteiger partial charge on any atom is -0.314 e. The molecule has 1 aromatic heterocycles. The zero-order valence-electron chi connectivity index (χ0n) is 10.6. The van der Waals surface area contributed by atoms with Gasteiger partial charge >= 0.3 is 0 Å². The smallest absolute Gasteiger partial charge is 0.142 e. The highest BCUT2D eigenvalue weighted by molar-refractivity contribution is 7.05. The first-order valence-corrected chi connectivity index (χ1v) is 7.12. The van der Waals surface area contributed by atoms with Gasteiger partial charge in [0.05, 0.1) is 0 Å². The lowest BCUT2D eigenvalue weighted by molar-refractivity contribution is 0.472. The third-order valence-electron chi connectivity index (χ3n) is 2.57. The zero-order chi connectivity index (χ0) is 11.8. The summed E-state index contributed by atoms with van der Waals surface area (Å²) in [6.07, 6.45) is 5.61. The van der Waals surface area contributed by atoms with Gasteiger partial charge in [0.15, 0.2) is 0 Å². The van der Waals surface area contributed by atoms with Gasteiger partial charge in [0.1, 0.15) is 10.8 Å². The highest BCUT2D eigenvalue weighted by Gasteiger charge is 2.11. The summed E-state index contributed by atoms with van der Waals surface area (Å²) in [7, 11) is 0. The van der Waals surface area contributed by atoms with Crippen LogP contribution in [0.1, 0.15) is 50.9 Å². The molecular formula is C12H23N3S. The Morgan fingerprint density at radius 2 is 2.06 bits per heavy atom. The summed E-state index contributed by atoms with van der Waals surface area (Å²) in [4.78, 5) is 4.53. The Morgan fingerprint density at radius 3 is 2.62 bits per heavy atom. The number of hydrogen-bond acceptors (Lipinski definition) is 4. The molecular weight excluding hydrogens is 218 g/mol. The summed E-state index contributed by atoms with van der Waals surface area (Å²) in [6.45, 7) is 7.64. The number of aromatic nitrogens is 2. The van der Waals surface area contributed by atoms with Gasteiger partial charge in [-0.25, -0.2) is 4.98 Å². The van der Waals surface area contributed by atoms with E-state index in [9.17, 15) is 0 Å². The molecule has 0 bridgehead atoms. The van der Waals surface area contributed by atoms with E-state index in [2.05, 4.69) is 35.4 Å². The molecule has 0 aliphatic carbocycles. The third-order valence-corrected chi connectivity index (χ3v) is 3.34. The molecule has 0 saturated carbocycles. The lowest BCUT2D eigenvalue weighted by Gasteiger charge is -2.15. The zero-order valence-corrected chi connectivity index (χ0v) is 11.4. The van der Waals surface area contributed by atoms with E-state index in [1.807, 2.05) is 0 Å². The lowest BCUT2D eigenvalue weighted by Crippen LogP contribution is -2.31. The van der Waals surface area contributed by atoms with Crippen molar-refractivity contribution >= 4 is 11.5 Å². The summed E-state index contributed by atoms with van der Waals surface area (Å²) in [5, 5.41) is 4.76.